The van der Waals surface area contributed by atoms with Gasteiger partial charge < -0.3 is 0 Å². The monoisotopic (exact) mass is 101 g/mol. The maximum absolute atomic E-state index is 7.08. The minimum Gasteiger partial charge on any atom is -0.250 e. The zero-order valence-corrected chi connectivity index (χ0v) is 4.17. The highest BCUT2D eigenvalue weighted by atomic mass is 32.1. The van der Waals surface area contributed by atoms with Crippen LogP contribution < -0.4 is 0 Å². The first-order valence-electron chi connectivity index (χ1n) is 2.61. The van der Waals surface area contributed by atoms with Crippen molar-refractivity contribution in [3.05, 3.63) is 16.5 Å². The molecule has 0 amide bonds. The fourth-order valence-corrected chi connectivity index (χ4v) is 0.632. The third kappa shape index (κ3) is 0.571. The first kappa shape index (κ1) is 2.07. The highest BCUT2D eigenvalue weighted by molar-refractivity contribution is 7.07. The molecule has 6 heavy (non-hydrogen) atoms. The van der Waals surface area contributed by atoms with Crippen molar-refractivity contribution in [3.63, 3.8) is 0 Å². The van der Waals surface area contributed by atoms with Crippen molar-refractivity contribution in [1.29, 1.82) is 0 Å². The molecule has 1 aromatic heterocycles. The third-order valence-electron chi connectivity index (χ3n) is 0.458. The smallest absolute Gasteiger partial charge is 0.0960 e. The van der Waals surface area contributed by atoms with Gasteiger partial charge in [-0.05, 0) is 6.92 Å². The van der Waals surface area contributed by atoms with Crippen LogP contribution in [0.5, 0.6) is 0 Å². The average molecular weight is 101 g/mol. The van der Waals surface area contributed by atoms with Gasteiger partial charge in [0.05, 0.1) is 8.23 Å². The van der Waals surface area contributed by atoms with Crippen molar-refractivity contribution >= 4 is 11.3 Å². The van der Waals surface area contributed by atoms with E-state index in [0.29, 0.717) is 11.1 Å². The van der Waals surface area contributed by atoms with Crippen LogP contribution in [0, 0.1) is 6.92 Å². The summed E-state index contributed by atoms with van der Waals surface area (Å²) in [6.45, 7) is 1.73. The van der Waals surface area contributed by atoms with Crippen molar-refractivity contribution in [2.24, 2.45) is 0 Å². The Balaban J connectivity index is 3.14. The van der Waals surface area contributed by atoms with Gasteiger partial charge in [0.25, 0.3) is 0 Å². The van der Waals surface area contributed by atoms with E-state index in [1.807, 2.05) is 0 Å². The minimum atomic E-state index is 0.229. The Bertz CT molecular complexity index is 176. The molecule has 0 atom stereocenters. The molecule has 0 bridgehead atoms. The molecule has 0 fully saturated rings. The molecule has 0 saturated carbocycles. The van der Waals surface area contributed by atoms with E-state index in [-0.39, 0.29) is 5.49 Å². The molecule has 0 spiro atoms. The van der Waals surface area contributed by atoms with Gasteiger partial charge in [0.15, 0.2) is 0 Å². The lowest BCUT2D eigenvalue weighted by atomic mass is 10.6. The summed E-state index contributed by atoms with van der Waals surface area (Å²) in [6, 6.07) is 0. The minimum absolute atomic E-state index is 0.229. The van der Waals surface area contributed by atoms with E-state index in [4.69, 9.17) is 2.74 Å². The third-order valence-corrected chi connectivity index (χ3v) is 1.04. The van der Waals surface area contributed by atoms with Crippen LogP contribution >= 0.6 is 11.3 Å². The van der Waals surface area contributed by atoms with Gasteiger partial charge in [-0.25, -0.2) is 0 Å². The van der Waals surface area contributed by atoms with Gasteiger partial charge in [0.2, 0.25) is 0 Å². The first-order valence-corrected chi connectivity index (χ1v) is 2.42. The summed E-state index contributed by atoms with van der Waals surface area (Å²) in [5.74, 6) is 0. The molecular weight excluding hydrogens is 94.1 g/mol. The summed E-state index contributed by atoms with van der Waals surface area (Å²) in [7, 11) is 0. The molecule has 0 N–H and O–H groups in total. The quantitative estimate of drug-likeness (QED) is 0.482. The molecule has 0 radical (unpaired) electrons. The Labute approximate surface area is 43.5 Å². The average Bonchev–Trinajstić information content (AvgIpc) is 1.85. The first-order chi connectivity index (χ1) is 3.70. The van der Waals surface area contributed by atoms with Crippen molar-refractivity contribution in [2.45, 2.75) is 6.92 Å². The standard InChI is InChI=1S/C4H5NS/c1-4-2-6-3-5-4/h2-3H,1H3/i2D,3D. The van der Waals surface area contributed by atoms with Crippen molar-refractivity contribution < 1.29 is 2.74 Å². The Kier molecular flexibility index (Phi) is 0.480. The van der Waals surface area contributed by atoms with E-state index < -0.39 is 0 Å². The normalized spacial score (nSPS) is 13.5. The molecule has 0 saturated heterocycles. The number of hydrogen-bond donors (Lipinski definition) is 0. The zero-order valence-electron chi connectivity index (χ0n) is 5.36. The summed E-state index contributed by atoms with van der Waals surface area (Å²) >= 11 is 1.09. The van der Waals surface area contributed by atoms with Crippen molar-refractivity contribution in [2.75, 3.05) is 0 Å². The maximum Gasteiger partial charge on any atom is 0.0960 e. The molecule has 0 aliphatic carbocycles. The van der Waals surface area contributed by atoms with E-state index in [1.54, 1.807) is 6.92 Å². The van der Waals surface area contributed by atoms with Gasteiger partial charge in [0, 0.05) is 11.1 Å². The molecule has 32 valence electrons. The Morgan fingerprint density at radius 3 is 3.17 bits per heavy atom. The van der Waals surface area contributed by atoms with Crippen LogP contribution in [0.2, 0.25) is 0 Å². The van der Waals surface area contributed by atoms with Crippen LogP contribution in [0.25, 0.3) is 0 Å². The van der Waals surface area contributed by atoms with Crippen LogP contribution in [-0.4, -0.2) is 4.98 Å². The highest BCUT2D eigenvalue weighted by Crippen LogP contribution is 1.95. The van der Waals surface area contributed by atoms with Crippen LogP contribution in [0.1, 0.15) is 8.44 Å². The lowest BCUT2D eigenvalue weighted by Crippen LogP contribution is -1.59. The molecule has 0 aliphatic heterocycles. The summed E-state index contributed by atoms with van der Waals surface area (Å²) in [5.41, 5.74) is 0.882. The van der Waals surface area contributed by atoms with Crippen LogP contribution in [0.15, 0.2) is 10.8 Å². The van der Waals surface area contributed by atoms with Crippen LogP contribution in [0.4, 0.5) is 0 Å². The van der Waals surface area contributed by atoms with Crippen molar-refractivity contribution in [3.8, 4) is 0 Å². The molecular formula is C4H5NS. The number of thiazole rings is 1. The lowest BCUT2D eigenvalue weighted by Gasteiger charge is -1.64. The molecule has 1 nitrogen and oxygen atoms in total. The topological polar surface area (TPSA) is 12.9 Å². The lowest BCUT2D eigenvalue weighted by molar-refractivity contribution is 1.27. The fraction of sp³-hybridized carbons (Fsp3) is 0.250. The zero-order chi connectivity index (χ0) is 6.15. The van der Waals surface area contributed by atoms with E-state index in [0.717, 1.165) is 11.3 Å². The van der Waals surface area contributed by atoms with Gasteiger partial charge in [-0.2, -0.15) is 0 Å². The maximum atomic E-state index is 7.08. The van der Waals surface area contributed by atoms with Crippen molar-refractivity contribution in [1.82, 2.24) is 4.98 Å². The van der Waals surface area contributed by atoms with Gasteiger partial charge >= 0.3 is 0 Å². The molecule has 1 rings (SSSR count). The number of nitrogens with zero attached hydrogens (tertiary/aromatic N) is 1. The van der Waals surface area contributed by atoms with Crippen LogP contribution in [0.3, 0.4) is 0 Å². The Morgan fingerprint density at radius 2 is 3.00 bits per heavy atom. The molecule has 1 heterocycles. The summed E-state index contributed by atoms with van der Waals surface area (Å²) in [5, 5.41) is 0.398. The Hall–Kier alpha value is -0.370. The molecule has 0 aromatic carbocycles. The van der Waals surface area contributed by atoms with Gasteiger partial charge in [0.1, 0.15) is 0 Å². The number of rotatable bonds is 0. The number of aryl methyl sites for hydroxylation is 1. The molecule has 0 aliphatic rings. The summed E-state index contributed by atoms with van der Waals surface area (Å²) in [4.78, 5) is 3.71. The van der Waals surface area contributed by atoms with E-state index in [2.05, 4.69) is 4.98 Å². The number of hydrogen-bond acceptors (Lipinski definition) is 2. The molecule has 0 unspecified atom stereocenters. The van der Waals surface area contributed by atoms with E-state index >= 15 is 0 Å². The van der Waals surface area contributed by atoms with Gasteiger partial charge in [-0.15, -0.1) is 11.3 Å². The molecule has 2 heteroatoms. The fourth-order valence-electron chi connectivity index (χ4n) is 0.211. The summed E-state index contributed by atoms with van der Waals surface area (Å²) in [6.07, 6.45) is 0. The molecule has 1 aromatic rings. The summed E-state index contributed by atoms with van der Waals surface area (Å²) < 4.78 is 14.0. The SMILES string of the molecule is [2H]c1nc(C)c([2H])s1. The second-order valence-corrected chi connectivity index (χ2v) is 1.58. The second-order valence-electron chi connectivity index (χ2n) is 0.993. The van der Waals surface area contributed by atoms with E-state index in [9.17, 15) is 0 Å². The Morgan fingerprint density at radius 1 is 2.17 bits per heavy atom. The van der Waals surface area contributed by atoms with Crippen LogP contribution in [-0.2, 0) is 0 Å². The number of aromatic nitrogens is 1. The van der Waals surface area contributed by atoms with Gasteiger partial charge in [-0.1, -0.05) is 0 Å². The van der Waals surface area contributed by atoms with Gasteiger partial charge in [-0.3, -0.25) is 4.98 Å². The largest absolute Gasteiger partial charge is 0.250 e. The predicted octanol–water partition coefficient (Wildman–Crippen LogP) is 1.45. The highest BCUT2D eigenvalue weighted by Gasteiger charge is 1.76. The second kappa shape index (κ2) is 1.39. The van der Waals surface area contributed by atoms with E-state index in [1.165, 1.54) is 0 Å². The predicted molar refractivity (Wildman–Crippen MR) is 26.9 cm³/mol.